The summed E-state index contributed by atoms with van der Waals surface area (Å²) in [7, 11) is 2.19. The fourth-order valence-corrected chi connectivity index (χ4v) is 7.57. The normalized spacial score (nSPS) is 19.7. The molecule has 0 aromatic heterocycles. The molecular formula is C46H62N6. The second-order valence-electron chi connectivity index (χ2n) is 14.5. The molecule has 52 heavy (non-hydrogen) atoms. The summed E-state index contributed by atoms with van der Waals surface area (Å²) in [5, 5.41) is 8.75. The van der Waals surface area contributed by atoms with Crippen molar-refractivity contribution in [2.75, 3.05) is 52.0 Å². The monoisotopic (exact) mass is 699 g/mol. The second kappa shape index (κ2) is 20.5. The number of rotatable bonds is 9. The average Bonchev–Trinajstić information content (AvgIpc) is 3.69. The fourth-order valence-electron chi connectivity index (χ4n) is 7.57. The first kappa shape index (κ1) is 40.2. The fraction of sp³-hybridized carbons (Fsp3) is 0.413. The minimum Gasteiger partial charge on any atom is -0.403 e. The van der Waals surface area contributed by atoms with Gasteiger partial charge in [0.2, 0.25) is 0 Å². The first-order valence-corrected chi connectivity index (χ1v) is 19.1. The zero-order valence-corrected chi connectivity index (χ0v) is 31.7. The van der Waals surface area contributed by atoms with Crippen LogP contribution < -0.4 is 11.5 Å². The zero-order valence-electron chi connectivity index (χ0n) is 31.7. The number of piperidine rings is 2. The Labute approximate surface area is 314 Å². The first-order valence-electron chi connectivity index (χ1n) is 19.1. The minimum atomic E-state index is 0.246. The van der Waals surface area contributed by atoms with Crippen molar-refractivity contribution < 1.29 is 0 Å². The van der Waals surface area contributed by atoms with Crippen LogP contribution in [0.25, 0.3) is 11.3 Å². The number of hydrogen-bond donors (Lipinski definition) is 3. The van der Waals surface area contributed by atoms with Crippen LogP contribution in [-0.4, -0.2) is 72.8 Å². The molecule has 6 nitrogen and oxygen atoms in total. The van der Waals surface area contributed by atoms with E-state index in [0.29, 0.717) is 23.2 Å². The highest BCUT2D eigenvalue weighted by Crippen LogP contribution is 2.30. The van der Waals surface area contributed by atoms with Gasteiger partial charge >= 0.3 is 0 Å². The summed E-state index contributed by atoms with van der Waals surface area (Å²) < 4.78 is 0. The van der Waals surface area contributed by atoms with Crippen molar-refractivity contribution >= 4 is 22.7 Å². The number of nitrogens with two attached hydrogens (primary N) is 2. The van der Waals surface area contributed by atoms with Gasteiger partial charge in [-0.25, -0.2) is 0 Å². The minimum absolute atomic E-state index is 0.246. The molecular weight excluding hydrogens is 637 g/mol. The largest absolute Gasteiger partial charge is 0.403 e. The quantitative estimate of drug-likeness (QED) is 0.106. The van der Waals surface area contributed by atoms with Gasteiger partial charge in [0, 0.05) is 47.3 Å². The summed E-state index contributed by atoms with van der Waals surface area (Å²) in [4.78, 5) is 7.43. The number of nitrogens with zero attached hydrogens (tertiary/aromatic N) is 3. The maximum absolute atomic E-state index is 8.75. The van der Waals surface area contributed by atoms with Crippen molar-refractivity contribution in [1.29, 1.82) is 5.41 Å². The number of likely N-dealkylation sites (tertiary alicyclic amines) is 3. The van der Waals surface area contributed by atoms with E-state index in [1.54, 1.807) is 0 Å². The third kappa shape index (κ3) is 11.5. The Morgan fingerprint density at radius 2 is 1.67 bits per heavy atom. The maximum atomic E-state index is 8.75. The summed E-state index contributed by atoms with van der Waals surface area (Å²) in [6.07, 6.45) is 16.8. The van der Waals surface area contributed by atoms with E-state index in [-0.39, 0.29) is 5.71 Å². The van der Waals surface area contributed by atoms with E-state index in [1.807, 2.05) is 36.4 Å². The van der Waals surface area contributed by atoms with Crippen LogP contribution in [0.1, 0.15) is 74.5 Å². The predicted octanol–water partition coefficient (Wildman–Crippen LogP) is 8.77. The summed E-state index contributed by atoms with van der Waals surface area (Å²) in [6, 6.07) is 16.8. The van der Waals surface area contributed by atoms with E-state index in [0.717, 1.165) is 91.4 Å². The van der Waals surface area contributed by atoms with Gasteiger partial charge in [0.15, 0.2) is 0 Å². The lowest BCUT2D eigenvalue weighted by Gasteiger charge is -2.35. The highest BCUT2D eigenvalue weighted by atomic mass is 15.3. The number of hydrogen-bond acceptors (Lipinski definition) is 6. The van der Waals surface area contributed by atoms with E-state index in [4.69, 9.17) is 16.9 Å². The molecule has 3 heterocycles. The Morgan fingerprint density at radius 3 is 2.35 bits per heavy atom. The standard InChI is InChI=1S/C34H38N4.C10H20N2.C2H4/c1-3-26-17-20-37(21-18-26)30-19-22-38(24-30)25(2)29-14-16-34(36)32(23-29)33(35)15-13-28-11-7-8-12-31(28)27-9-5-4-6-10-27;1-9(11)3-4-10-5-7-12(2)8-6-10;1-2/h3-6,8-10,12,14,16,23,26,30,35H,1-2,7,11,17-22,24,36H2;10H,1,3-8,11H2,2H3;1-2H2. The van der Waals surface area contributed by atoms with Crippen molar-refractivity contribution in [2.45, 2.75) is 63.8 Å². The van der Waals surface area contributed by atoms with E-state index in [2.05, 4.69) is 96.8 Å². The highest BCUT2D eigenvalue weighted by Gasteiger charge is 2.31. The molecule has 0 amide bonds. The van der Waals surface area contributed by atoms with Gasteiger partial charge in [-0.3, -0.25) is 10.3 Å². The van der Waals surface area contributed by atoms with Gasteiger partial charge in [-0.1, -0.05) is 73.7 Å². The smallest absolute Gasteiger partial charge is 0.114 e. The summed E-state index contributed by atoms with van der Waals surface area (Å²) in [5.41, 5.74) is 19.6. The van der Waals surface area contributed by atoms with E-state index in [1.165, 1.54) is 45.2 Å². The van der Waals surface area contributed by atoms with Crippen molar-refractivity contribution in [2.24, 2.45) is 17.6 Å². The Balaban J connectivity index is 0.000000365. The van der Waals surface area contributed by atoms with Gasteiger partial charge in [0.05, 0.1) is 0 Å². The van der Waals surface area contributed by atoms with Gasteiger partial charge in [-0.2, -0.15) is 0 Å². The van der Waals surface area contributed by atoms with Crippen LogP contribution in [0.5, 0.6) is 0 Å². The van der Waals surface area contributed by atoms with Crippen LogP contribution in [0.3, 0.4) is 0 Å². The lowest BCUT2D eigenvalue weighted by molar-refractivity contribution is 0.150. The predicted molar refractivity (Wildman–Crippen MR) is 225 cm³/mol. The van der Waals surface area contributed by atoms with Crippen molar-refractivity contribution in [3.8, 4) is 11.8 Å². The second-order valence-corrected chi connectivity index (χ2v) is 14.5. The summed E-state index contributed by atoms with van der Waals surface area (Å²) in [5.74, 6) is 7.97. The van der Waals surface area contributed by atoms with Gasteiger partial charge in [-0.05, 0) is 138 Å². The third-order valence-corrected chi connectivity index (χ3v) is 10.9. The Bertz CT molecular complexity index is 1640. The molecule has 2 aromatic carbocycles. The molecule has 1 unspecified atom stereocenters. The topological polar surface area (TPSA) is 85.6 Å². The lowest BCUT2D eigenvalue weighted by atomic mass is 9.92. The first-order chi connectivity index (χ1) is 25.2. The molecule has 3 saturated heterocycles. The molecule has 0 saturated carbocycles. The Kier molecular flexibility index (Phi) is 15.8. The number of benzene rings is 2. The average molecular weight is 699 g/mol. The van der Waals surface area contributed by atoms with Crippen LogP contribution >= 0.6 is 0 Å². The third-order valence-electron chi connectivity index (χ3n) is 10.9. The van der Waals surface area contributed by atoms with E-state index >= 15 is 0 Å². The number of nitrogens with one attached hydrogen (secondary N) is 1. The number of anilines is 1. The molecule has 3 fully saturated rings. The lowest BCUT2D eigenvalue weighted by Crippen LogP contribution is -2.42. The molecule has 2 aromatic rings. The Morgan fingerprint density at radius 1 is 0.962 bits per heavy atom. The molecule has 0 bridgehead atoms. The summed E-state index contributed by atoms with van der Waals surface area (Å²) >= 11 is 0. The van der Waals surface area contributed by atoms with Gasteiger partial charge in [0.25, 0.3) is 0 Å². The molecule has 0 spiro atoms. The van der Waals surface area contributed by atoms with Gasteiger partial charge < -0.3 is 21.3 Å². The van der Waals surface area contributed by atoms with Gasteiger partial charge in [0.1, 0.15) is 5.71 Å². The number of nitrogen functional groups attached to an aromatic ring is 1. The van der Waals surface area contributed by atoms with Crippen LogP contribution in [0.15, 0.2) is 111 Å². The molecule has 4 aliphatic rings. The molecule has 6 rings (SSSR count). The zero-order chi connectivity index (χ0) is 37.5. The van der Waals surface area contributed by atoms with Crippen molar-refractivity contribution in [1.82, 2.24) is 14.7 Å². The van der Waals surface area contributed by atoms with Crippen LogP contribution in [-0.2, 0) is 0 Å². The molecule has 0 radical (unpaired) electrons. The molecule has 1 aliphatic carbocycles. The van der Waals surface area contributed by atoms with Crippen LogP contribution in [0.2, 0.25) is 0 Å². The van der Waals surface area contributed by atoms with Crippen LogP contribution in [0.4, 0.5) is 5.69 Å². The van der Waals surface area contributed by atoms with Gasteiger partial charge in [-0.15, -0.1) is 19.7 Å². The summed E-state index contributed by atoms with van der Waals surface area (Å²) in [6.45, 7) is 25.0. The number of allylic oxidation sites excluding steroid dienone is 6. The van der Waals surface area contributed by atoms with E-state index in [9.17, 15) is 0 Å². The van der Waals surface area contributed by atoms with Crippen molar-refractivity contribution in [3.63, 3.8) is 0 Å². The highest BCUT2D eigenvalue weighted by molar-refractivity contribution is 6.14. The molecule has 3 aliphatic heterocycles. The maximum Gasteiger partial charge on any atom is 0.114 e. The molecule has 6 heteroatoms. The molecule has 276 valence electrons. The molecule has 5 N–H and O–H groups in total. The van der Waals surface area contributed by atoms with Crippen LogP contribution in [0, 0.1) is 29.1 Å². The van der Waals surface area contributed by atoms with Crippen molar-refractivity contribution in [3.05, 3.63) is 128 Å². The van der Waals surface area contributed by atoms with E-state index < -0.39 is 0 Å². The molecule has 1 atom stereocenters. The SMILES string of the molecule is C=C.C=C(N)CCC1CCN(C)CC1.C=CC1CCN(C2CCN(C(=C)c3ccc(N)c(C(=N)C#CC4=C(c5ccccc5)C=CCC4)c3)C2)CC1. The Hall–Kier alpha value is -4.57.